The average Bonchev–Trinajstić information content (AvgIpc) is 3.00. The molecule has 0 aliphatic carbocycles. The van der Waals surface area contributed by atoms with Crippen LogP contribution in [-0.2, 0) is 0 Å². The summed E-state index contributed by atoms with van der Waals surface area (Å²) in [7, 11) is 0. The van der Waals surface area contributed by atoms with Gasteiger partial charge < -0.3 is 9.80 Å². The minimum absolute atomic E-state index is 0.0393. The summed E-state index contributed by atoms with van der Waals surface area (Å²) >= 11 is 0. The van der Waals surface area contributed by atoms with Gasteiger partial charge in [-0.2, -0.15) is 0 Å². The van der Waals surface area contributed by atoms with Gasteiger partial charge in [0.05, 0.1) is 28.0 Å². The molecule has 1 aliphatic heterocycles. The van der Waals surface area contributed by atoms with Crippen LogP contribution in [0.3, 0.4) is 0 Å². The number of hydrogen-bond donors (Lipinski definition) is 0. The first kappa shape index (κ1) is 19.0. The molecule has 3 heterocycles. The van der Waals surface area contributed by atoms with Crippen LogP contribution in [-0.4, -0.2) is 62.7 Å². The molecule has 1 aromatic carbocycles. The van der Waals surface area contributed by atoms with Crippen LogP contribution in [0, 0.1) is 13.8 Å². The maximum absolute atomic E-state index is 13.1. The van der Waals surface area contributed by atoms with Crippen molar-refractivity contribution in [3.05, 3.63) is 65.2 Å². The number of fused-ring (bicyclic) bond motifs is 1. The Morgan fingerprint density at radius 1 is 0.828 bits per heavy atom. The number of pyridine rings is 1. The number of carbonyl (C=O) groups excluding carboxylic acids is 2. The van der Waals surface area contributed by atoms with Gasteiger partial charge in [-0.1, -0.05) is 0 Å². The molecule has 29 heavy (non-hydrogen) atoms. The first-order valence-electron chi connectivity index (χ1n) is 9.76. The third kappa shape index (κ3) is 3.94. The normalized spacial score (nSPS) is 14.7. The molecule has 148 valence electrons. The number of aromatic nitrogens is 3. The zero-order valence-corrected chi connectivity index (χ0v) is 16.6. The molecule has 0 N–H and O–H groups in total. The molecule has 0 saturated carbocycles. The summed E-state index contributed by atoms with van der Waals surface area (Å²) in [5, 5.41) is 0. The summed E-state index contributed by atoms with van der Waals surface area (Å²) in [6.45, 7) is 6.09. The van der Waals surface area contributed by atoms with Crippen molar-refractivity contribution in [2.24, 2.45) is 0 Å². The monoisotopic (exact) mass is 389 g/mol. The van der Waals surface area contributed by atoms with Gasteiger partial charge in [0.1, 0.15) is 0 Å². The Balaban J connectivity index is 1.49. The van der Waals surface area contributed by atoms with Crippen molar-refractivity contribution >= 4 is 22.8 Å². The molecule has 7 heteroatoms. The molecule has 1 fully saturated rings. The fourth-order valence-electron chi connectivity index (χ4n) is 3.54. The predicted molar refractivity (Wildman–Crippen MR) is 110 cm³/mol. The largest absolute Gasteiger partial charge is 0.337 e. The fraction of sp³-hybridized carbons (Fsp3) is 0.318. The summed E-state index contributed by atoms with van der Waals surface area (Å²) in [5.41, 5.74) is 4.44. The highest BCUT2D eigenvalue weighted by molar-refractivity contribution is 5.97. The molecule has 1 aliphatic rings. The minimum atomic E-state index is -0.0424. The van der Waals surface area contributed by atoms with Gasteiger partial charge in [0.25, 0.3) is 11.8 Å². The highest BCUT2D eigenvalue weighted by Gasteiger charge is 2.24. The van der Waals surface area contributed by atoms with Crippen LogP contribution in [0.4, 0.5) is 0 Å². The third-order valence-corrected chi connectivity index (χ3v) is 5.30. The Hall–Kier alpha value is -3.35. The Morgan fingerprint density at radius 3 is 2.14 bits per heavy atom. The van der Waals surface area contributed by atoms with E-state index in [1.54, 1.807) is 41.6 Å². The summed E-state index contributed by atoms with van der Waals surface area (Å²) < 4.78 is 0. The number of rotatable bonds is 2. The van der Waals surface area contributed by atoms with Crippen molar-refractivity contribution in [1.82, 2.24) is 24.8 Å². The lowest BCUT2D eigenvalue weighted by Crippen LogP contribution is -2.37. The van der Waals surface area contributed by atoms with Gasteiger partial charge in [-0.05, 0) is 50.6 Å². The van der Waals surface area contributed by atoms with E-state index < -0.39 is 0 Å². The molecule has 7 nitrogen and oxygen atoms in total. The Morgan fingerprint density at radius 2 is 1.48 bits per heavy atom. The number of amides is 2. The SMILES string of the molecule is Cc1nc2ccc(C(=O)N3CCCN(C(=O)c4cccnc4)CC3)cc2nc1C. The van der Waals surface area contributed by atoms with Crippen molar-refractivity contribution in [3.8, 4) is 0 Å². The molecule has 0 unspecified atom stereocenters. The number of carbonyl (C=O) groups is 2. The van der Waals surface area contributed by atoms with Gasteiger partial charge >= 0.3 is 0 Å². The van der Waals surface area contributed by atoms with Crippen LogP contribution in [0.5, 0.6) is 0 Å². The van der Waals surface area contributed by atoms with E-state index in [0.717, 1.165) is 28.8 Å². The standard InChI is InChI=1S/C22H23N5O2/c1-15-16(2)25-20-13-17(6-7-19(20)24-15)21(28)26-9-4-10-27(12-11-26)22(29)18-5-3-8-23-14-18/h3,5-8,13-14H,4,9-12H2,1-2H3. The predicted octanol–water partition coefficient (Wildman–Crippen LogP) is 2.63. The molecule has 0 bridgehead atoms. The summed E-state index contributed by atoms with van der Waals surface area (Å²) in [6.07, 6.45) is 3.97. The van der Waals surface area contributed by atoms with Gasteiger partial charge in [0, 0.05) is 44.1 Å². The van der Waals surface area contributed by atoms with Gasteiger partial charge in [-0.3, -0.25) is 14.6 Å². The van der Waals surface area contributed by atoms with E-state index in [9.17, 15) is 9.59 Å². The van der Waals surface area contributed by atoms with Gasteiger partial charge in [0.15, 0.2) is 0 Å². The molecule has 0 atom stereocenters. The summed E-state index contributed by atoms with van der Waals surface area (Å²) in [4.78, 5) is 42.4. The molecule has 0 radical (unpaired) electrons. The molecule has 3 aromatic rings. The third-order valence-electron chi connectivity index (χ3n) is 5.30. The zero-order chi connectivity index (χ0) is 20.4. The summed E-state index contributed by atoms with van der Waals surface area (Å²) in [5.74, 6) is -0.0816. The lowest BCUT2D eigenvalue weighted by Gasteiger charge is -2.22. The topological polar surface area (TPSA) is 79.3 Å². The van der Waals surface area contributed by atoms with E-state index in [2.05, 4.69) is 15.0 Å². The molecule has 1 saturated heterocycles. The smallest absolute Gasteiger partial charge is 0.255 e. The minimum Gasteiger partial charge on any atom is -0.337 e. The zero-order valence-electron chi connectivity index (χ0n) is 16.6. The van der Waals surface area contributed by atoms with E-state index in [1.807, 2.05) is 24.8 Å². The number of benzene rings is 1. The highest BCUT2D eigenvalue weighted by Crippen LogP contribution is 2.17. The fourth-order valence-corrected chi connectivity index (χ4v) is 3.54. The second kappa shape index (κ2) is 7.95. The Kier molecular flexibility index (Phi) is 5.20. The van der Waals surface area contributed by atoms with Crippen LogP contribution < -0.4 is 0 Å². The molecule has 2 aromatic heterocycles. The molecular formula is C22H23N5O2. The highest BCUT2D eigenvalue weighted by atomic mass is 16.2. The average molecular weight is 389 g/mol. The van der Waals surface area contributed by atoms with Crippen LogP contribution in [0.2, 0.25) is 0 Å². The van der Waals surface area contributed by atoms with Crippen molar-refractivity contribution < 1.29 is 9.59 Å². The van der Waals surface area contributed by atoms with Crippen molar-refractivity contribution in [2.75, 3.05) is 26.2 Å². The van der Waals surface area contributed by atoms with Gasteiger partial charge in [-0.15, -0.1) is 0 Å². The van der Waals surface area contributed by atoms with E-state index in [0.29, 0.717) is 37.3 Å². The second-order valence-corrected chi connectivity index (χ2v) is 7.28. The molecular weight excluding hydrogens is 366 g/mol. The van der Waals surface area contributed by atoms with E-state index >= 15 is 0 Å². The maximum Gasteiger partial charge on any atom is 0.255 e. The Labute approximate surface area is 169 Å². The maximum atomic E-state index is 13.1. The molecule has 2 amide bonds. The number of nitrogens with zero attached hydrogens (tertiary/aromatic N) is 5. The lowest BCUT2D eigenvalue weighted by atomic mass is 10.1. The second-order valence-electron chi connectivity index (χ2n) is 7.28. The molecule has 4 rings (SSSR count). The van der Waals surface area contributed by atoms with Crippen LogP contribution in [0.1, 0.15) is 38.5 Å². The molecule has 0 spiro atoms. The lowest BCUT2D eigenvalue weighted by molar-refractivity contribution is 0.0718. The van der Waals surface area contributed by atoms with Crippen LogP contribution in [0.15, 0.2) is 42.7 Å². The number of aryl methyl sites for hydroxylation is 2. The van der Waals surface area contributed by atoms with E-state index in [1.165, 1.54) is 0 Å². The van der Waals surface area contributed by atoms with Crippen LogP contribution >= 0.6 is 0 Å². The number of hydrogen-bond acceptors (Lipinski definition) is 5. The van der Waals surface area contributed by atoms with Crippen molar-refractivity contribution in [3.63, 3.8) is 0 Å². The van der Waals surface area contributed by atoms with Crippen LogP contribution in [0.25, 0.3) is 11.0 Å². The first-order valence-corrected chi connectivity index (χ1v) is 9.76. The quantitative estimate of drug-likeness (QED) is 0.673. The summed E-state index contributed by atoms with van der Waals surface area (Å²) in [6, 6.07) is 8.98. The van der Waals surface area contributed by atoms with Gasteiger partial charge in [-0.25, -0.2) is 9.97 Å². The van der Waals surface area contributed by atoms with Gasteiger partial charge in [0.2, 0.25) is 0 Å². The first-order chi connectivity index (χ1) is 14.0. The van der Waals surface area contributed by atoms with E-state index in [4.69, 9.17) is 0 Å². The van der Waals surface area contributed by atoms with E-state index in [-0.39, 0.29) is 11.8 Å². The van der Waals surface area contributed by atoms with Crippen molar-refractivity contribution in [2.45, 2.75) is 20.3 Å². The Bertz CT molecular complexity index is 1070. The van der Waals surface area contributed by atoms with Crippen molar-refractivity contribution in [1.29, 1.82) is 0 Å².